The molecule has 13 rings (SSSR count). The highest BCUT2D eigenvalue weighted by Gasteiger charge is 3.09. The van der Waals surface area contributed by atoms with Gasteiger partial charge in [-0.25, -0.2) is 15.0 Å². The molecule has 6 saturated carbocycles. The SMILES string of the molecule is c1ccc(-c2nc(-c3ccccc3)nc(-c3ccc(C45C6C7C4C4C5C6C74c4ccc5c(c4)oc4ccccc45)cc3)n2)cc1. The van der Waals surface area contributed by atoms with Crippen LogP contribution in [-0.4, -0.2) is 15.0 Å². The number of fused-ring (bicyclic) bond motifs is 3. The third-order valence-corrected chi connectivity index (χ3v) is 12.9. The van der Waals surface area contributed by atoms with Crippen molar-refractivity contribution in [2.45, 2.75) is 10.8 Å². The van der Waals surface area contributed by atoms with E-state index < -0.39 is 0 Å². The van der Waals surface area contributed by atoms with Crippen LogP contribution in [0.4, 0.5) is 0 Å². The van der Waals surface area contributed by atoms with E-state index in [0.29, 0.717) is 22.5 Å². The summed E-state index contributed by atoms with van der Waals surface area (Å²) in [7, 11) is 0. The second-order valence-corrected chi connectivity index (χ2v) is 13.9. The molecule has 6 aliphatic rings. The molecule has 0 amide bonds. The molecule has 4 nitrogen and oxygen atoms in total. The molecule has 2 heterocycles. The molecule has 2 aromatic heterocycles. The Hall–Kier alpha value is -5.09. The van der Waals surface area contributed by atoms with Gasteiger partial charge in [-0.2, -0.15) is 0 Å². The van der Waals surface area contributed by atoms with Gasteiger partial charge in [0.1, 0.15) is 11.2 Å². The Bertz CT molecular complexity index is 2260. The molecule has 7 aromatic rings. The van der Waals surface area contributed by atoms with Crippen LogP contribution in [0.1, 0.15) is 11.1 Å². The van der Waals surface area contributed by atoms with Crippen LogP contribution in [0.15, 0.2) is 132 Å². The number of hydrogen-bond donors (Lipinski definition) is 0. The molecule has 0 bridgehead atoms. The molecule has 45 heavy (non-hydrogen) atoms. The van der Waals surface area contributed by atoms with Crippen LogP contribution in [0.25, 0.3) is 56.1 Å². The zero-order valence-corrected chi connectivity index (χ0v) is 24.3. The van der Waals surface area contributed by atoms with E-state index in [0.717, 1.165) is 69.2 Å². The Labute approximate surface area is 259 Å². The molecule has 0 aliphatic heterocycles. The van der Waals surface area contributed by atoms with E-state index in [-0.39, 0.29) is 0 Å². The minimum atomic E-state index is 0.424. The van der Waals surface area contributed by atoms with Gasteiger partial charge in [0.05, 0.1) is 0 Å². The minimum absolute atomic E-state index is 0.424. The topological polar surface area (TPSA) is 51.8 Å². The van der Waals surface area contributed by atoms with E-state index in [1.54, 1.807) is 5.56 Å². The lowest BCUT2D eigenvalue weighted by Crippen LogP contribution is -3.12. The Morgan fingerprint density at radius 2 is 0.844 bits per heavy atom. The van der Waals surface area contributed by atoms with Gasteiger partial charge in [-0.1, -0.05) is 115 Å². The van der Waals surface area contributed by atoms with Crippen molar-refractivity contribution in [2.24, 2.45) is 35.5 Å². The van der Waals surface area contributed by atoms with Crippen molar-refractivity contribution in [3.8, 4) is 34.2 Å². The van der Waals surface area contributed by atoms with Crippen LogP contribution in [0.2, 0.25) is 0 Å². The maximum atomic E-state index is 6.30. The summed E-state index contributed by atoms with van der Waals surface area (Å²) in [4.78, 5) is 14.8. The zero-order chi connectivity index (χ0) is 29.1. The third kappa shape index (κ3) is 2.39. The lowest BCUT2D eigenvalue weighted by molar-refractivity contribution is -0.596. The summed E-state index contributed by atoms with van der Waals surface area (Å²) in [5.74, 6) is 7.23. The quantitative estimate of drug-likeness (QED) is 0.205. The highest BCUT2D eigenvalue weighted by atomic mass is 16.3. The third-order valence-electron chi connectivity index (χ3n) is 12.9. The van der Waals surface area contributed by atoms with Crippen molar-refractivity contribution in [1.29, 1.82) is 0 Å². The number of benzene rings is 5. The molecule has 0 spiro atoms. The minimum Gasteiger partial charge on any atom is -0.456 e. The summed E-state index contributed by atoms with van der Waals surface area (Å²) in [5, 5.41) is 2.47. The number of para-hydroxylation sites is 1. The van der Waals surface area contributed by atoms with Crippen LogP contribution in [0.3, 0.4) is 0 Å². The van der Waals surface area contributed by atoms with Gasteiger partial charge in [0.2, 0.25) is 0 Å². The molecule has 0 radical (unpaired) electrons. The molecule has 0 unspecified atom stereocenters. The fraction of sp³-hybridized carbons (Fsp3) is 0.195. The second-order valence-electron chi connectivity index (χ2n) is 13.9. The second kappa shape index (κ2) is 7.58. The van der Waals surface area contributed by atoms with Crippen LogP contribution in [-0.2, 0) is 10.8 Å². The smallest absolute Gasteiger partial charge is 0.164 e. The van der Waals surface area contributed by atoms with E-state index in [1.807, 2.05) is 36.4 Å². The van der Waals surface area contributed by atoms with Gasteiger partial charge in [-0.3, -0.25) is 0 Å². The molecule has 0 N–H and O–H groups in total. The fourth-order valence-electron chi connectivity index (χ4n) is 11.5. The van der Waals surface area contributed by atoms with E-state index >= 15 is 0 Å². The van der Waals surface area contributed by atoms with Gasteiger partial charge in [-0.05, 0) is 58.8 Å². The van der Waals surface area contributed by atoms with Gasteiger partial charge in [0.15, 0.2) is 17.5 Å². The normalized spacial score (nSPS) is 32.2. The summed E-state index contributed by atoms with van der Waals surface area (Å²) in [6, 6.07) is 45.2. The van der Waals surface area contributed by atoms with Gasteiger partial charge >= 0.3 is 0 Å². The van der Waals surface area contributed by atoms with Gasteiger partial charge in [0.25, 0.3) is 0 Å². The highest BCUT2D eigenvalue weighted by Crippen LogP contribution is 3.09. The standard InChI is InChI=1S/C41H27N3O/c1-3-9-22(10-4-1)37-42-38(23-11-5-2-6-12-23)44-39(43-37)24-15-17-25(18-16-24)40-31-34-32(40)36-33(40)35(31)41(34,36)26-19-20-28-27-13-7-8-14-29(27)45-30(28)21-26/h1-21,31-36H. The molecule has 5 aromatic carbocycles. The summed E-state index contributed by atoms with van der Waals surface area (Å²) in [6.07, 6.45) is 0. The van der Waals surface area contributed by atoms with E-state index in [9.17, 15) is 0 Å². The summed E-state index contributed by atoms with van der Waals surface area (Å²) in [6.45, 7) is 0. The average molecular weight is 578 g/mol. The van der Waals surface area contributed by atoms with Crippen LogP contribution >= 0.6 is 0 Å². The lowest BCUT2D eigenvalue weighted by atomic mass is 8.91. The van der Waals surface area contributed by atoms with Crippen molar-refractivity contribution in [3.05, 3.63) is 139 Å². The summed E-state index contributed by atoms with van der Waals surface area (Å²) >= 11 is 0. The highest BCUT2D eigenvalue weighted by molar-refractivity contribution is 6.05. The first-order chi connectivity index (χ1) is 22.3. The van der Waals surface area contributed by atoms with E-state index in [4.69, 9.17) is 19.4 Å². The maximum Gasteiger partial charge on any atom is 0.164 e. The van der Waals surface area contributed by atoms with Gasteiger partial charge in [0, 0.05) is 38.3 Å². The summed E-state index contributed by atoms with van der Waals surface area (Å²) < 4.78 is 6.30. The van der Waals surface area contributed by atoms with Crippen molar-refractivity contribution in [2.75, 3.05) is 0 Å². The van der Waals surface area contributed by atoms with Crippen LogP contribution in [0, 0.1) is 35.5 Å². The molecular formula is C41H27N3O. The molecule has 6 fully saturated rings. The number of rotatable bonds is 5. The Balaban J connectivity index is 0.870. The first kappa shape index (κ1) is 23.3. The first-order valence-corrected chi connectivity index (χ1v) is 16.2. The Morgan fingerprint density at radius 1 is 0.400 bits per heavy atom. The Morgan fingerprint density at radius 3 is 1.42 bits per heavy atom. The number of hydrogen-bond acceptors (Lipinski definition) is 4. The molecular weight excluding hydrogens is 550 g/mol. The number of nitrogens with zero attached hydrogens (tertiary/aromatic N) is 3. The van der Waals surface area contributed by atoms with Crippen molar-refractivity contribution >= 4 is 21.9 Å². The van der Waals surface area contributed by atoms with Crippen molar-refractivity contribution in [1.82, 2.24) is 15.0 Å². The zero-order valence-electron chi connectivity index (χ0n) is 24.3. The van der Waals surface area contributed by atoms with Gasteiger partial charge < -0.3 is 4.42 Å². The molecule has 6 aliphatic carbocycles. The maximum absolute atomic E-state index is 6.30. The largest absolute Gasteiger partial charge is 0.456 e. The predicted molar refractivity (Wildman–Crippen MR) is 174 cm³/mol. The van der Waals surface area contributed by atoms with Crippen molar-refractivity contribution in [3.63, 3.8) is 0 Å². The first-order valence-electron chi connectivity index (χ1n) is 16.2. The predicted octanol–water partition coefficient (Wildman–Crippen LogP) is 8.71. The summed E-state index contributed by atoms with van der Waals surface area (Å²) in [5.41, 5.74) is 9.02. The fourth-order valence-corrected chi connectivity index (χ4v) is 11.5. The van der Waals surface area contributed by atoms with E-state index in [2.05, 4.69) is 91.0 Å². The molecule has 212 valence electrons. The number of aromatic nitrogens is 3. The number of furan rings is 1. The lowest BCUT2D eigenvalue weighted by Gasteiger charge is -3.12. The Kier molecular flexibility index (Phi) is 3.93. The van der Waals surface area contributed by atoms with Gasteiger partial charge in [-0.15, -0.1) is 0 Å². The monoisotopic (exact) mass is 577 g/mol. The van der Waals surface area contributed by atoms with Crippen LogP contribution in [0.5, 0.6) is 0 Å². The van der Waals surface area contributed by atoms with E-state index in [1.165, 1.54) is 16.3 Å². The average Bonchev–Trinajstić information content (AvgIpc) is 3.50. The molecule has 0 atom stereocenters. The molecule has 0 saturated heterocycles. The van der Waals surface area contributed by atoms with Crippen LogP contribution < -0.4 is 0 Å². The molecule has 4 heteroatoms. The van der Waals surface area contributed by atoms with Crippen molar-refractivity contribution < 1.29 is 4.42 Å².